The highest BCUT2D eigenvalue weighted by Crippen LogP contribution is 2.36. The Kier molecular flexibility index (Phi) is 6.44. The summed E-state index contributed by atoms with van der Waals surface area (Å²) >= 11 is 6.34. The summed E-state index contributed by atoms with van der Waals surface area (Å²) < 4.78 is 14.7. The number of nitrogens with one attached hydrogen (secondary N) is 1. The lowest BCUT2D eigenvalue weighted by Crippen LogP contribution is -2.27. The average Bonchev–Trinajstić information content (AvgIpc) is 3.14. The minimum Gasteiger partial charge on any atom is -0.507 e. The minimum atomic E-state index is -0.392. The van der Waals surface area contributed by atoms with Gasteiger partial charge in [0, 0.05) is 23.7 Å². The van der Waals surface area contributed by atoms with Gasteiger partial charge in [0.05, 0.1) is 10.7 Å². The van der Waals surface area contributed by atoms with E-state index in [2.05, 4.69) is 17.3 Å². The molecular weight excluding hydrogens is 413 g/mol. The molecule has 0 saturated carbocycles. The number of phenolic OH excluding ortho intramolecular Hbond substituents is 1. The number of halogens is 2. The molecule has 2 heterocycles. The molecule has 1 aromatic heterocycles. The normalized spacial score (nSPS) is 16.6. The van der Waals surface area contributed by atoms with Crippen LogP contribution in [0.2, 0.25) is 5.02 Å². The van der Waals surface area contributed by atoms with Gasteiger partial charge in [0.25, 0.3) is 0 Å². The van der Waals surface area contributed by atoms with Crippen molar-refractivity contribution in [2.45, 2.75) is 32.2 Å². The van der Waals surface area contributed by atoms with E-state index in [1.807, 2.05) is 25.1 Å². The van der Waals surface area contributed by atoms with Crippen LogP contribution in [0, 0.1) is 12.7 Å². The number of aromatic hydroxyl groups is 1. The first-order valence-corrected chi connectivity index (χ1v) is 11.0. The van der Waals surface area contributed by atoms with E-state index >= 15 is 0 Å². The maximum absolute atomic E-state index is 14.7. The Morgan fingerprint density at radius 1 is 1.23 bits per heavy atom. The highest BCUT2D eigenvalue weighted by atomic mass is 35.5. The molecular formula is C25H27ClFN3O. The van der Waals surface area contributed by atoms with E-state index < -0.39 is 5.82 Å². The predicted octanol–water partition coefficient (Wildman–Crippen LogP) is 6.12. The second kappa shape index (κ2) is 9.25. The van der Waals surface area contributed by atoms with Crippen LogP contribution in [-0.2, 0) is 0 Å². The van der Waals surface area contributed by atoms with Crippen LogP contribution in [0.5, 0.6) is 5.75 Å². The number of hydrogen-bond acceptors (Lipinski definition) is 4. The second-order valence-corrected chi connectivity index (χ2v) is 8.64. The smallest absolute Gasteiger partial charge is 0.132 e. The van der Waals surface area contributed by atoms with Crippen LogP contribution in [0.15, 0.2) is 48.5 Å². The molecule has 3 aromatic rings. The molecule has 2 aromatic carbocycles. The molecule has 0 spiro atoms. The fourth-order valence-electron chi connectivity index (χ4n) is 4.24. The topological polar surface area (TPSA) is 48.4 Å². The molecule has 0 radical (unpaired) electrons. The number of phenols is 1. The van der Waals surface area contributed by atoms with Crippen molar-refractivity contribution in [3.05, 3.63) is 64.9 Å². The largest absolute Gasteiger partial charge is 0.507 e. The second-order valence-electron chi connectivity index (χ2n) is 8.24. The van der Waals surface area contributed by atoms with Crippen molar-refractivity contribution in [3.8, 4) is 28.1 Å². The Labute approximate surface area is 187 Å². The number of hydrogen-bond donors (Lipinski definition) is 2. The number of aryl methyl sites for hydroxylation is 1. The van der Waals surface area contributed by atoms with E-state index in [0.29, 0.717) is 39.3 Å². The van der Waals surface area contributed by atoms with Crippen molar-refractivity contribution in [3.63, 3.8) is 0 Å². The van der Waals surface area contributed by atoms with Gasteiger partial charge >= 0.3 is 0 Å². The minimum absolute atomic E-state index is 0.133. The monoisotopic (exact) mass is 439 g/mol. The highest BCUT2D eigenvalue weighted by Gasteiger charge is 2.20. The summed E-state index contributed by atoms with van der Waals surface area (Å²) in [7, 11) is 2.16. The van der Waals surface area contributed by atoms with Gasteiger partial charge in [0.15, 0.2) is 0 Å². The Hall–Kier alpha value is -2.63. The number of rotatable bonds is 6. The first kappa shape index (κ1) is 21.6. The number of benzene rings is 2. The summed E-state index contributed by atoms with van der Waals surface area (Å²) in [6.07, 6.45) is 3.45. The molecule has 0 amide bonds. The molecule has 1 unspecified atom stereocenters. The van der Waals surface area contributed by atoms with E-state index in [4.69, 9.17) is 16.6 Å². The van der Waals surface area contributed by atoms with E-state index in [1.165, 1.54) is 18.9 Å². The molecule has 31 heavy (non-hydrogen) atoms. The Balaban J connectivity index is 1.71. The first-order chi connectivity index (χ1) is 14.9. The van der Waals surface area contributed by atoms with Gasteiger partial charge in [-0.05, 0) is 81.7 Å². The molecule has 1 atom stereocenters. The molecule has 4 rings (SSSR count). The van der Waals surface area contributed by atoms with Crippen molar-refractivity contribution in [1.29, 1.82) is 0 Å². The molecule has 1 saturated heterocycles. The maximum Gasteiger partial charge on any atom is 0.132 e. The van der Waals surface area contributed by atoms with E-state index in [9.17, 15) is 9.50 Å². The molecule has 0 bridgehead atoms. The summed E-state index contributed by atoms with van der Waals surface area (Å²) in [6, 6.07) is 14.2. The van der Waals surface area contributed by atoms with Crippen molar-refractivity contribution in [2.24, 2.45) is 0 Å². The fourth-order valence-corrected chi connectivity index (χ4v) is 4.52. The van der Waals surface area contributed by atoms with E-state index in [0.717, 1.165) is 25.1 Å². The average molecular weight is 440 g/mol. The van der Waals surface area contributed by atoms with Crippen molar-refractivity contribution < 1.29 is 9.50 Å². The van der Waals surface area contributed by atoms with Crippen LogP contribution in [0.25, 0.3) is 22.4 Å². The number of likely N-dealkylation sites (tertiary alicyclic amines) is 1. The van der Waals surface area contributed by atoms with Gasteiger partial charge in [-0.25, -0.2) is 9.37 Å². The quantitative estimate of drug-likeness (QED) is 0.485. The Morgan fingerprint density at radius 2 is 2.06 bits per heavy atom. The third-order valence-electron chi connectivity index (χ3n) is 5.96. The maximum atomic E-state index is 14.7. The molecule has 1 aliphatic rings. The van der Waals surface area contributed by atoms with Gasteiger partial charge in [-0.2, -0.15) is 0 Å². The molecule has 162 valence electrons. The molecule has 2 N–H and O–H groups in total. The summed E-state index contributed by atoms with van der Waals surface area (Å²) in [5, 5.41) is 14.2. The standard InChI is InChI=1S/C25H27ClFN3O/c1-16-8-9-23(31)19(13-16)22-14-17(25-20(26)6-3-7-21(25)27)15-24(29-22)28-11-10-18-5-4-12-30(18)2/h3,6-9,13-15,18,31H,4-5,10-12H2,1-2H3,(H,28,29). The van der Waals surface area contributed by atoms with Gasteiger partial charge in [-0.15, -0.1) is 0 Å². The van der Waals surface area contributed by atoms with Crippen LogP contribution < -0.4 is 5.32 Å². The predicted molar refractivity (Wildman–Crippen MR) is 125 cm³/mol. The van der Waals surface area contributed by atoms with Gasteiger partial charge in [-0.1, -0.05) is 29.3 Å². The van der Waals surface area contributed by atoms with Gasteiger partial charge in [0.1, 0.15) is 17.4 Å². The zero-order valence-corrected chi connectivity index (χ0v) is 18.6. The fraction of sp³-hybridized carbons (Fsp3) is 0.320. The van der Waals surface area contributed by atoms with Crippen LogP contribution in [0.3, 0.4) is 0 Å². The first-order valence-electron chi connectivity index (χ1n) is 10.6. The van der Waals surface area contributed by atoms with Crippen LogP contribution in [0.1, 0.15) is 24.8 Å². The Bertz CT molecular complexity index is 1070. The van der Waals surface area contributed by atoms with Crippen LogP contribution in [-0.4, -0.2) is 41.2 Å². The lowest BCUT2D eigenvalue weighted by Gasteiger charge is -2.20. The molecule has 0 aliphatic carbocycles. The third kappa shape index (κ3) is 4.83. The van der Waals surface area contributed by atoms with Crippen molar-refractivity contribution >= 4 is 17.4 Å². The van der Waals surface area contributed by atoms with Crippen molar-refractivity contribution in [2.75, 3.05) is 25.5 Å². The lowest BCUT2D eigenvalue weighted by atomic mass is 10.0. The number of nitrogens with zero attached hydrogens (tertiary/aromatic N) is 2. The van der Waals surface area contributed by atoms with E-state index in [1.54, 1.807) is 24.3 Å². The molecule has 6 heteroatoms. The Morgan fingerprint density at radius 3 is 2.81 bits per heavy atom. The number of aromatic nitrogens is 1. The van der Waals surface area contributed by atoms with Crippen LogP contribution >= 0.6 is 11.6 Å². The molecule has 4 nitrogen and oxygen atoms in total. The van der Waals surface area contributed by atoms with Gasteiger partial charge < -0.3 is 15.3 Å². The lowest BCUT2D eigenvalue weighted by molar-refractivity contribution is 0.301. The van der Waals surface area contributed by atoms with Crippen LogP contribution in [0.4, 0.5) is 10.2 Å². The SMILES string of the molecule is Cc1ccc(O)c(-c2cc(-c3c(F)cccc3Cl)cc(NCCC3CCCN3C)n2)c1. The molecule has 1 fully saturated rings. The van der Waals surface area contributed by atoms with Gasteiger partial charge in [-0.3, -0.25) is 0 Å². The number of pyridine rings is 1. The van der Waals surface area contributed by atoms with Gasteiger partial charge in [0.2, 0.25) is 0 Å². The molecule has 1 aliphatic heterocycles. The van der Waals surface area contributed by atoms with E-state index in [-0.39, 0.29) is 5.75 Å². The zero-order chi connectivity index (χ0) is 22.0. The summed E-state index contributed by atoms with van der Waals surface area (Å²) in [4.78, 5) is 7.11. The number of anilines is 1. The summed E-state index contributed by atoms with van der Waals surface area (Å²) in [5.41, 5.74) is 3.13. The highest BCUT2D eigenvalue weighted by molar-refractivity contribution is 6.33. The summed E-state index contributed by atoms with van der Waals surface area (Å²) in [6.45, 7) is 3.86. The van der Waals surface area contributed by atoms with Crippen molar-refractivity contribution in [1.82, 2.24) is 9.88 Å². The summed E-state index contributed by atoms with van der Waals surface area (Å²) in [5.74, 6) is 0.374. The third-order valence-corrected chi connectivity index (χ3v) is 6.27. The zero-order valence-electron chi connectivity index (χ0n) is 17.8.